The molecular weight excluding hydrogens is 390 g/mol. The topological polar surface area (TPSA) is 94.3 Å². The predicted molar refractivity (Wildman–Crippen MR) is 109 cm³/mol. The van der Waals surface area contributed by atoms with Gasteiger partial charge in [0.2, 0.25) is 0 Å². The zero-order valence-electron chi connectivity index (χ0n) is 15.6. The molecule has 1 aliphatic rings. The summed E-state index contributed by atoms with van der Waals surface area (Å²) in [6.45, 7) is 0.891. The predicted octanol–water partition coefficient (Wildman–Crippen LogP) is 3.28. The summed E-state index contributed by atoms with van der Waals surface area (Å²) in [5, 5.41) is 9.29. The first-order valence-corrected chi connectivity index (χ1v) is 9.98. The van der Waals surface area contributed by atoms with Gasteiger partial charge in [-0.25, -0.2) is 14.8 Å². The Kier molecular flexibility index (Phi) is 4.32. The van der Waals surface area contributed by atoms with E-state index in [2.05, 4.69) is 16.0 Å². The van der Waals surface area contributed by atoms with Crippen LogP contribution in [0.15, 0.2) is 35.4 Å². The highest BCUT2D eigenvalue weighted by molar-refractivity contribution is 6.29. The molecule has 0 saturated heterocycles. The van der Waals surface area contributed by atoms with Crippen LogP contribution >= 0.6 is 11.6 Å². The van der Waals surface area contributed by atoms with Gasteiger partial charge < -0.3 is 4.57 Å². The number of imidazole rings is 2. The summed E-state index contributed by atoms with van der Waals surface area (Å²) in [7, 11) is 0. The Hall–Kier alpha value is -3.18. The molecule has 4 heterocycles. The minimum absolute atomic E-state index is 0.0443. The van der Waals surface area contributed by atoms with Gasteiger partial charge in [0.15, 0.2) is 5.65 Å². The molecule has 5 rings (SSSR count). The summed E-state index contributed by atoms with van der Waals surface area (Å²) in [5.41, 5.74) is 3.05. The number of aryl methyl sites for hydroxylation is 1. The molecule has 29 heavy (non-hydrogen) atoms. The van der Waals surface area contributed by atoms with E-state index < -0.39 is 0 Å². The number of halogens is 1. The first-order valence-electron chi connectivity index (χ1n) is 9.60. The lowest BCUT2D eigenvalue weighted by molar-refractivity contribution is 0.595. The largest absolute Gasteiger partial charge is 0.329 e. The van der Waals surface area contributed by atoms with Gasteiger partial charge in [-0.15, -0.1) is 0 Å². The lowest BCUT2D eigenvalue weighted by Crippen LogP contribution is -2.25. The molecule has 9 heteroatoms. The maximum absolute atomic E-state index is 13.2. The van der Waals surface area contributed by atoms with Gasteiger partial charge in [-0.1, -0.05) is 11.6 Å². The molecule has 0 N–H and O–H groups in total. The molecule has 0 aliphatic heterocycles. The van der Waals surface area contributed by atoms with Crippen molar-refractivity contribution in [2.24, 2.45) is 0 Å². The first-order chi connectivity index (χ1) is 14.2. The highest BCUT2D eigenvalue weighted by atomic mass is 35.5. The molecule has 0 amide bonds. The van der Waals surface area contributed by atoms with Gasteiger partial charge in [0.1, 0.15) is 16.5 Å². The van der Waals surface area contributed by atoms with Crippen molar-refractivity contribution in [1.29, 1.82) is 5.26 Å². The van der Waals surface area contributed by atoms with E-state index in [0.717, 1.165) is 29.4 Å². The molecule has 0 radical (unpaired) electrons. The normalized spacial score (nSPS) is 13.9. The van der Waals surface area contributed by atoms with E-state index in [1.165, 1.54) is 0 Å². The average molecular weight is 408 g/mol. The van der Waals surface area contributed by atoms with Crippen LogP contribution in [-0.2, 0) is 13.1 Å². The zero-order valence-corrected chi connectivity index (χ0v) is 16.4. The van der Waals surface area contributed by atoms with E-state index >= 15 is 0 Å². The van der Waals surface area contributed by atoms with Crippen LogP contribution < -0.4 is 5.69 Å². The van der Waals surface area contributed by atoms with Gasteiger partial charge in [0.05, 0.1) is 29.8 Å². The third-order valence-corrected chi connectivity index (χ3v) is 5.49. The molecule has 1 aliphatic carbocycles. The Morgan fingerprint density at radius 1 is 1.17 bits per heavy atom. The Bertz CT molecular complexity index is 1320. The lowest BCUT2D eigenvalue weighted by atomic mass is 10.3. The van der Waals surface area contributed by atoms with E-state index in [-0.39, 0.29) is 11.7 Å². The first kappa shape index (κ1) is 17.9. The monoisotopic (exact) mass is 407 g/mol. The molecule has 1 fully saturated rings. The van der Waals surface area contributed by atoms with Crippen LogP contribution in [0.1, 0.15) is 37.5 Å². The van der Waals surface area contributed by atoms with Crippen LogP contribution in [0.3, 0.4) is 0 Å². The number of aromatic nitrogens is 6. The second-order valence-corrected chi connectivity index (χ2v) is 7.64. The summed E-state index contributed by atoms with van der Waals surface area (Å²) in [6, 6.07) is 7.86. The van der Waals surface area contributed by atoms with E-state index in [4.69, 9.17) is 21.8 Å². The molecular formula is C20H18ClN7O. The summed E-state index contributed by atoms with van der Waals surface area (Å²) in [4.78, 5) is 26.6. The molecule has 0 aromatic carbocycles. The van der Waals surface area contributed by atoms with Crippen LogP contribution in [-0.4, -0.2) is 28.7 Å². The number of nitriles is 1. The van der Waals surface area contributed by atoms with Crippen LogP contribution in [0.4, 0.5) is 0 Å². The summed E-state index contributed by atoms with van der Waals surface area (Å²) < 4.78 is 5.56. The minimum atomic E-state index is -0.0443. The number of pyridine rings is 2. The van der Waals surface area contributed by atoms with Crippen molar-refractivity contribution in [2.45, 2.75) is 44.8 Å². The van der Waals surface area contributed by atoms with Crippen LogP contribution in [0, 0.1) is 11.3 Å². The molecule has 0 atom stereocenters. The Balaban J connectivity index is 1.64. The van der Waals surface area contributed by atoms with Crippen molar-refractivity contribution in [1.82, 2.24) is 28.7 Å². The van der Waals surface area contributed by atoms with E-state index in [1.807, 2.05) is 21.3 Å². The lowest BCUT2D eigenvalue weighted by Gasteiger charge is -2.08. The number of hydrogen-bond acceptors (Lipinski definition) is 5. The molecule has 1 saturated carbocycles. The summed E-state index contributed by atoms with van der Waals surface area (Å²) in [5.74, 6) is 0.716. The van der Waals surface area contributed by atoms with Gasteiger partial charge in [0.25, 0.3) is 0 Å². The molecule has 0 spiro atoms. The molecule has 8 nitrogen and oxygen atoms in total. The number of nitrogens with zero attached hydrogens (tertiary/aromatic N) is 7. The molecule has 4 aromatic heterocycles. The fraction of sp³-hybridized carbons (Fsp3) is 0.350. The number of fused-ring (bicyclic) bond motifs is 2. The average Bonchev–Trinajstić information content (AvgIpc) is 3.44. The Morgan fingerprint density at radius 3 is 2.83 bits per heavy atom. The van der Waals surface area contributed by atoms with E-state index in [0.29, 0.717) is 42.6 Å². The van der Waals surface area contributed by atoms with Crippen LogP contribution in [0.25, 0.3) is 22.2 Å². The van der Waals surface area contributed by atoms with Crippen LogP contribution in [0.2, 0.25) is 5.15 Å². The Morgan fingerprint density at radius 2 is 2.03 bits per heavy atom. The molecule has 0 bridgehead atoms. The van der Waals surface area contributed by atoms with Gasteiger partial charge in [-0.2, -0.15) is 5.26 Å². The van der Waals surface area contributed by atoms with Crippen molar-refractivity contribution >= 4 is 33.8 Å². The Labute approximate surface area is 171 Å². The SMILES string of the molecule is N#CCCCn1c(Cn2c(=O)n(C3CC3)c3ccncc32)nc2ccc(Cl)nc21. The third kappa shape index (κ3) is 3.08. The van der Waals surface area contributed by atoms with Gasteiger partial charge in [0, 0.05) is 25.2 Å². The maximum Gasteiger partial charge on any atom is 0.329 e. The second-order valence-electron chi connectivity index (χ2n) is 7.25. The fourth-order valence-corrected chi connectivity index (χ4v) is 3.95. The van der Waals surface area contributed by atoms with E-state index in [9.17, 15) is 4.79 Å². The van der Waals surface area contributed by atoms with Crippen molar-refractivity contribution in [3.63, 3.8) is 0 Å². The quantitative estimate of drug-likeness (QED) is 0.361. The molecule has 4 aromatic rings. The van der Waals surface area contributed by atoms with Gasteiger partial charge >= 0.3 is 5.69 Å². The standard InChI is InChI=1S/C20H18ClN7O/c21-17-6-5-14-19(25-17)26(10-2-1-8-22)18(24-14)12-27-16-11-23-9-7-15(16)28(20(27)29)13-3-4-13/h5-7,9,11,13H,1-4,10,12H2. The second kappa shape index (κ2) is 7.01. The van der Waals surface area contributed by atoms with Crippen molar-refractivity contribution in [2.75, 3.05) is 0 Å². The summed E-state index contributed by atoms with van der Waals surface area (Å²) in [6.07, 6.45) is 6.60. The van der Waals surface area contributed by atoms with Gasteiger partial charge in [-0.05, 0) is 37.5 Å². The highest BCUT2D eigenvalue weighted by Gasteiger charge is 2.29. The van der Waals surface area contributed by atoms with Crippen LogP contribution in [0.5, 0.6) is 0 Å². The fourth-order valence-electron chi connectivity index (χ4n) is 3.80. The van der Waals surface area contributed by atoms with Crippen molar-refractivity contribution in [3.05, 3.63) is 52.1 Å². The highest BCUT2D eigenvalue weighted by Crippen LogP contribution is 2.36. The zero-order chi connectivity index (χ0) is 20.0. The smallest absolute Gasteiger partial charge is 0.311 e. The number of unbranched alkanes of at least 4 members (excludes halogenated alkanes) is 1. The molecule has 0 unspecified atom stereocenters. The molecule has 146 valence electrons. The third-order valence-electron chi connectivity index (χ3n) is 5.28. The van der Waals surface area contributed by atoms with Gasteiger partial charge in [-0.3, -0.25) is 14.1 Å². The van der Waals surface area contributed by atoms with Crippen molar-refractivity contribution in [3.8, 4) is 6.07 Å². The number of rotatable bonds is 6. The minimum Gasteiger partial charge on any atom is -0.311 e. The number of hydrogen-bond donors (Lipinski definition) is 0. The maximum atomic E-state index is 13.2. The van der Waals surface area contributed by atoms with Crippen molar-refractivity contribution < 1.29 is 0 Å². The van der Waals surface area contributed by atoms with E-state index in [1.54, 1.807) is 23.0 Å². The summed E-state index contributed by atoms with van der Waals surface area (Å²) >= 11 is 6.10.